The Bertz CT molecular complexity index is 1020. The molecule has 27 heavy (non-hydrogen) atoms. The fourth-order valence-corrected chi connectivity index (χ4v) is 3.85. The molecule has 9 heteroatoms. The van der Waals surface area contributed by atoms with Gasteiger partial charge in [-0.25, -0.2) is 4.68 Å². The first-order valence-corrected chi connectivity index (χ1v) is 9.94. The molecule has 1 aromatic carbocycles. The SMILES string of the molecule is Cn1c(C2CCCN(C(=O)c3cnn(-c4ccc(Br)cc4)c3)C2)n[nH]c1=S. The smallest absolute Gasteiger partial charge is 0.257 e. The van der Waals surface area contributed by atoms with Crippen LogP contribution in [0.1, 0.15) is 34.9 Å². The lowest BCUT2D eigenvalue weighted by molar-refractivity contribution is 0.0703. The molecular formula is C18H19BrN6OS. The van der Waals surface area contributed by atoms with Crippen LogP contribution >= 0.6 is 28.1 Å². The molecule has 3 aromatic rings. The van der Waals surface area contributed by atoms with Gasteiger partial charge in [-0.2, -0.15) is 10.2 Å². The van der Waals surface area contributed by atoms with Gasteiger partial charge >= 0.3 is 0 Å². The molecular weight excluding hydrogens is 428 g/mol. The van der Waals surface area contributed by atoms with Crippen molar-refractivity contribution in [3.8, 4) is 5.69 Å². The van der Waals surface area contributed by atoms with Gasteiger partial charge in [0.05, 0.1) is 17.4 Å². The van der Waals surface area contributed by atoms with Crippen LogP contribution in [0.25, 0.3) is 5.69 Å². The zero-order chi connectivity index (χ0) is 19.0. The third-order valence-electron chi connectivity index (χ3n) is 4.91. The Morgan fingerprint density at radius 1 is 1.33 bits per heavy atom. The number of piperidine rings is 1. The van der Waals surface area contributed by atoms with E-state index in [2.05, 4.69) is 31.2 Å². The fraction of sp³-hybridized carbons (Fsp3) is 0.333. The van der Waals surface area contributed by atoms with E-state index < -0.39 is 0 Å². The molecule has 1 N–H and O–H groups in total. The highest BCUT2D eigenvalue weighted by molar-refractivity contribution is 9.10. The number of aromatic nitrogens is 5. The highest BCUT2D eigenvalue weighted by Gasteiger charge is 2.28. The molecule has 1 fully saturated rings. The predicted octanol–water partition coefficient (Wildman–Crippen LogP) is 3.45. The maximum Gasteiger partial charge on any atom is 0.257 e. The quantitative estimate of drug-likeness (QED) is 0.625. The summed E-state index contributed by atoms with van der Waals surface area (Å²) in [5, 5.41) is 11.5. The van der Waals surface area contributed by atoms with Crippen molar-refractivity contribution in [2.75, 3.05) is 13.1 Å². The number of aromatic amines is 1. The minimum atomic E-state index is -0.000141. The molecule has 0 radical (unpaired) electrons. The molecule has 2 aromatic heterocycles. The summed E-state index contributed by atoms with van der Waals surface area (Å²) in [5.41, 5.74) is 1.50. The van der Waals surface area contributed by atoms with Crippen LogP contribution in [0.4, 0.5) is 0 Å². The van der Waals surface area contributed by atoms with Crippen LogP contribution in [0.2, 0.25) is 0 Å². The lowest BCUT2D eigenvalue weighted by Gasteiger charge is -2.31. The van der Waals surface area contributed by atoms with Crippen LogP contribution in [0, 0.1) is 4.77 Å². The fourth-order valence-electron chi connectivity index (χ4n) is 3.45. The molecule has 7 nitrogen and oxygen atoms in total. The summed E-state index contributed by atoms with van der Waals surface area (Å²) in [7, 11) is 1.91. The second-order valence-corrected chi connectivity index (χ2v) is 7.99. The molecule has 0 saturated carbocycles. The van der Waals surface area contributed by atoms with Crippen LogP contribution < -0.4 is 0 Å². The number of hydrogen-bond donors (Lipinski definition) is 1. The number of carbonyl (C=O) groups is 1. The molecule has 1 aliphatic heterocycles. The largest absolute Gasteiger partial charge is 0.338 e. The molecule has 3 heterocycles. The van der Waals surface area contributed by atoms with Crippen LogP contribution in [0.3, 0.4) is 0 Å². The summed E-state index contributed by atoms with van der Waals surface area (Å²) >= 11 is 8.63. The molecule has 4 rings (SSSR count). The first-order valence-electron chi connectivity index (χ1n) is 8.74. The summed E-state index contributed by atoms with van der Waals surface area (Å²) in [6.45, 7) is 1.38. The Hall–Kier alpha value is -2.26. The third-order valence-corrected chi connectivity index (χ3v) is 5.80. The first kappa shape index (κ1) is 18.1. The molecule has 140 valence electrons. The van der Waals surface area contributed by atoms with Crippen molar-refractivity contribution in [2.24, 2.45) is 7.05 Å². The summed E-state index contributed by atoms with van der Waals surface area (Å²) < 4.78 is 5.21. The molecule has 1 unspecified atom stereocenters. The number of hydrogen-bond acceptors (Lipinski definition) is 4. The van der Waals surface area contributed by atoms with E-state index in [4.69, 9.17) is 12.2 Å². The lowest BCUT2D eigenvalue weighted by Crippen LogP contribution is -2.39. The number of H-pyrrole nitrogens is 1. The van der Waals surface area contributed by atoms with Crippen LogP contribution in [-0.2, 0) is 7.05 Å². The number of nitrogens with one attached hydrogen (secondary N) is 1. The van der Waals surface area contributed by atoms with E-state index >= 15 is 0 Å². The van der Waals surface area contributed by atoms with Crippen molar-refractivity contribution in [3.63, 3.8) is 0 Å². The second kappa shape index (κ2) is 7.40. The first-order chi connectivity index (χ1) is 13.0. The van der Waals surface area contributed by atoms with Gasteiger partial charge in [0, 0.05) is 36.7 Å². The minimum absolute atomic E-state index is 0.000141. The number of halogens is 1. The second-order valence-electron chi connectivity index (χ2n) is 6.69. The standard InChI is InChI=1S/C18H19BrN6OS/c1-23-16(21-22-18(23)27)12-3-2-8-24(10-12)17(26)13-9-20-25(11-13)15-6-4-14(19)5-7-15/h4-7,9,11-12H,2-3,8,10H2,1H3,(H,22,27). The summed E-state index contributed by atoms with van der Waals surface area (Å²) in [6.07, 6.45) is 5.35. The monoisotopic (exact) mass is 446 g/mol. The summed E-state index contributed by atoms with van der Waals surface area (Å²) in [5.74, 6) is 1.09. The van der Waals surface area contributed by atoms with E-state index in [1.165, 1.54) is 0 Å². The summed E-state index contributed by atoms with van der Waals surface area (Å²) in [6, 6.07) is 7.80. The topological polar surface area (TPSA) is 71.7 Å². The minimum Gasteiger partial charge on any atom is -0.338 e. The zero-order valence-electron chi connectivity index (χ0n) is 14.8. The summed E-state index contributed by atoms with van der Waals surface area (Å²) in [4.78, 5) is 14.9. The Morgan fingerprint density at radius 3 is 2.81 bits per heavy atom. The van der Waals surface area contributed by atoms with Crippen molar-refractivity contribution in [1.82, 2.24) is 29.4 Å². The van der Waals surface area contributed by atoms with Crippen molar-refractivity contribution in [2.45, 2.75) is 18.8 Å². The van der Waals surface area contributed by atoms with E-state index in [0.29, 0.717) is 16.9 Å². The Kier molecular flexibility index (Phi) is 4.96. The third kappa shape index (κ3) is 3.61. The van der Waals surface area contributed by atoms with Crippen LogP contribution in [0.15, 0.2) is 41.1 Å². The Labute approximate surface area is 170 Å². The van der Waals surface area contributed by atoms with Gasteiger partial charge in [-0.15, -0.1) is 0 Å². The van der Waals surface area contributed by atoms with Crippen LogP contribution in [-0.4, -0.2) is 48.4 Å². The van der Waals surface area contributed by atoms with E-state index in [0.717, 1.165) is 35.4 Å². The van der Waals surface area contributed by atoms with Crippen molar-refractivity contribution < 1.29 is 4.79 Å². The zero-order valence-corrected chi connectivity index (χ0v) is 17.2. The van der Waals surface area contributed by atoms with E-state index in [1.54, 1.807) is 17.1 Å². The number of amides is 1. The van der Waals surface area contributed by atoms with Gasteiger partial charge in [-0.05, 0) is 49.3 Å². The van der Waals surface area contributed by atoms with Gasteiger partial charge in [0.1, 0.15) is 5.82 Å². The Balaban J connectivity index is 1.51. The van der Waals surface area contributed by atoms with Crippen molar-refractivity contribution in [1.29, 1.82) is 0 Å². The molecule has 0 spiro atoms. The lowest BCUT2D eigenvalue weighted by atomic mass is 9.97. The van der Waals surface area contributed by atoms with Crippen LogP contribution in [0.5, 0.6) is 0 Å². The van der Waals surface area contributed by atoms with Crippen molar-refractivity contribution in [3.05, 3.63) is 57.3 Å². The maximum atomic E-state index is 13.0. The van der Waals surface area contributed by atoms with E-state index in [-0.39, 0.29) is 11.8 Å². The number of carbonyl (C=O) groups excluding carboxylic acids is 1. The van der Waals surface area contributed by atoms with Gasteiger partial charge < -0.3 is 9.47 Å². The van der Waals surface area contributed by atoms with Gasteiger partial charge in [0.25, 0.3) is 5.91 Å². The number of rotatable bonds is 3. The highest BCUT2D eigenvalue weighted by atomic mass is 79.9. The van der Waals surface area contributed by atoms with Gasteiger partial charge in [0.15, 0.2) is 4.77 Å². The van der Waals surface area contributed by atoms with E-state index in [9.17, 15) is 4.79 Å². The average Bonchev–Trinajstić information content (AvgIpc) is 3.30. The molecule has 0 bridgehead atoms. The van der Waals surface area contributed by atoms with Gasteiger partial charge in [0.2, 0.25) is 0 Å². The normalized spacial score (nSPS) is 17.3. The number of nitrogens with zero attached hydrogens (tertiary/aromatic N) is 5. The van der Waals surface area contributed by atoms with Crippen molar-refractivity contribution >= 4 is 34.1 Å². The molecule has 1 atom stereocenters. The number of benzene rings is 1. The van der Waals surface area contributed by atoms with Gasteiger partial charge in [-0.3, -0.25) is 9.89 Å². The maximum absolute atomic E-state index is 13.0. The molecule has 1 saturated heterocycles. The Morgan fingerprint density at radius 2 is 2.11 bits per heavy atom. The molecule has 1 aliphatic rings. The van der Waals surface area contributed by atoms with Gasteiger partial charge in [-0.1, -0.05) is 15.9 Å². The predicted molar refractivity (Wildman–Crippen MR) is 108 cm³/mol. The number of likely N-dealkylation sites (tertiary alicyclic amines) is 1. The van der Waals surface area contributed by atoms with E-state index in [1.807, 2.05) is 40.8 Å². The average molecular weight is 447 g/mol. The highest BCUT2D eigenvalue weighted by Crippen LogP contribution is 2.26. The molecule has 1 amide bonds. The molecule has 0 aliphatic carbocycles.